The lowest BCUT2D eigenvalue weighted by Crippen LogP contribution is -2.51. The van der Waals surface area contributed by atoms with E-state index in [2.05, 4.69) is 36.6 Å². The van der Waals surface area contributed by atoms with Gasteiger partial charge >= 0.3 is 6.09 Å². The van der Waals surface area contributed by atoms with Crippen LogP contribution >= 0.6 is 0 Å². The predicted molar refractivity (Wildman–Crippen MR) is 98.1 cm³/mol. The highest BCUT2D eigenvalue weighted by molar-refractivity contribution is 5.69. The molecule has 0 saturated carbocycles. The molecule has 0 aliphatic carbocycles. The highest BCUT2D eigenvalue weighted by atomic mass is 16.6. The second kappa shape index (κ2) is 6.52. The summed E-state index contributed by atoms with van der Waals surface area (Å²) in [6.07, 6.45) is 2.32. The van der Waals surface area contributed by atoms with Crippen molar-refractivity contribution in [3.8, 4) is 5.75 Å². The second-order valence-corrected chi connectivity index (χ2v) is 8.43. The molecule has 5 heteroatoms. The summed E-state index contributed by atoms with van der Waals surface area (Å²) in [4.78, 5) is 12.4. The van der Waals surface area contributed by atoms with Gasteiger partial charge in [-0.1, -0.05) is 6.07 Å². The van der Waals surface area contributed by atoms with Crippen molar-refractivity contribution in [3.63, 3.8) is 0 Å². The van der Waals surface area contributed by atoms with Gasteiger partial charge in [-0.25, -0.2) is 4.79 Å². The number of carbonyl (C=O) groups excluding carboxylic acids is 1. The maximum Gasteiger partial charge on any atom is 0.408 e. The first-order valence-corrected chi connectivity index (χ1v) is 9.18. The minimum absolute atomic E-state index is 0.0858. The van der Waals surface area contributed by atoms with E-state index in [1.54, 1.807) is 0 Å². The van der Waals surface area contributed by atoms with Crippen molar-refractivity contribution >= 4 is 6.09 Å². The number of fused-ring (bicyclic) bond motifs is 1. The van der Waals surface area contributed by atoms with Crippen LogP contribution in [0.4, 0.5) is 4.79 Å². The Morgan fingerprint density at radius 3 is 2.60 bits per heavy atom. The first kappa shape index (κ1) is 18.1. The van der Waals surface area contributed by atoms with E-state index >= 15 is 0 Å². The number of nitrogens with one attached hydrogen (secondary N) is 2. The minimum Gasteiger partial charge on any atom is -0.487 e. The summed E-state index contributed by atoms with van der Waals surface area (Å²) in [6, 6.07) is 4.15. The van der Waals surface area contributed by atoms with Gasteiger partial charge in [0.1, 0.15) is 17.0 Å². The Balaban J connectivity index is 1.91. The van der Waals surface area contributed by atoms with Crippen molar-refractivity contribution in [2.75, 3.05) is 13.1 Å². The summed E-state index contributed by atoms with van der Waals surface area (Å²) in [5.41, 5.74) is 2.70. The number of benzene rings is 1. The fourth-order valence-corrected chi connectivity index (χ4v) is 3.98. The zero-order chi connectivity index (χ0) is 18.2. The zero-order valence-corrected chi connectivity index (χ0v) is 16.0. The molecule has 1 aromatic rings. The highest BCUT2D eigenvalue weighted by Gasteiger charge is 2.43. The van der Waals surface area contributed by atoms with Crippen LogP contribution in [0.5, 0.6) is 5.75 Å². The van der Waals surface area contributed by atoms with E-state index in [-0.39, 0.29) is 17.7 Å². The molecule has 138 valence electrons. The summed E-state index contributed by atoms with van der Waals surface area (Å²) in [5, 5.41) is 6.50. The largest absolute Gasteiger partial charge is 0.487 e. The monoisotopic (exact) mass is 346 g/mol. The molecule has 1 aromatic carbocycles. The Labute approximate surface area is 150 Å². The fourth-order valence-electron chi connectivity index (χ4n) is 3.98. The van der Waals surface area contributed by atoms with Crippen molar-refractivity contribution in [2.24, 2.45) is 0 Å². The van der Waals surface area contributed by atoms with Crippen LogP contribution in [0.3, 0.4) is 0 Å². The van der Waals surface area contributed by atoms with E-state index < -0.39 is 5.60 Å². The number of piperidine rings is 1. The first-order chi connectivity index (χ1) is 11.7. The summed E-state index contributed by atoms with van der Waals surface area (Å²) >= 11 is 0. The van der Waals surface area contributed by atoms with E-state index in [0.717, 1.165) is 49.2 Å². The van der Waals surface area contributed by atoms with Crippen LogP contribution in [0.1, 0.15) is 62.8 Å². The summed E-state index contributed by atoms with van der Waals surface area (Å²) in [5.74, 6) is 0.909. The number of carbonyl (C=O) groups is 1. The lowest BCUT2D eigenvalue weighted by molar-refractivity contribution is -0.000614. The van der Waals surface area contributed by atoms with Crippen LogP contribution in [-0.4, -0.2) is 30.4 Å². The van der Waals surface area contributed by atoms with Gasteiger partial charge in [0.05, 0.1) is 6.04 Å². The molecule has 2 heterocycles. The zero-order valence-electron chi connectivity index (χ0n) is 16.0. The molecule has 5 nitrogen and oxygen atoms in total. The summed E-state index contributed by atoms with van der Waals surface area (Å²) < 4.78 is 12.0. The fraction of sp³-hybridized carbons (Fsp3) is 0.650. The molecular weight excluding hydrogens is 316 g/mol. The van der Waals surface area contributed by atoms with Gasteiger partial charge in [-0.15, -0.1) is 0 Å². The van der Waals surface area contributed by atoms with Gasteiger partial charge in [0.25, 0.3) is 0 Å². The highest BCUT2D eigenvalue weighted by Crippen LogP contribution is 2.45. The number of aryl methyl sites for hydroxylation is 2. The smallest absolute Gasteiger partial charge is 0.408 e. The molecule has 0 bridgehead atoms. The van der Waals surface area contributed by atoms with Crippen LogP contribution in [-0.2, 0) is 4.74 Å². The van der Waals surface area contributed by atoms with Gasteiger partial charge in [-0.3, -0.25) is 0 Å². The average molecular weight is 346 g/mol. The molecule has 1 amide bonds. The van der Waals surface area contributed by atoms with E-state index in [4.69, 9.17) is 9.47 Å². The third-order valence-electron chi connectivity index (χ3n) is 4.95. The number of rotatable bonds is 1. The van der Waals surface area contributed by atoms with Gasteiger partial charge in [0, 0.05) is 12.0 Å². The standard InChI is InChI=1S/C20H30N2O3/c1-13-10-14(2)17-15(22-18(23)25-19(3,4)5)12-20(24-16(17)11-13)6-8-21-9-7-20/h10-11,15,21H,6-9,12H2,1-5H3,(H,22,23). The van der Waals surface area contributed by atoms with Gasteiger partial charge < -0.3 is 20.1 Å². The summed E-state index contributed by atoms with van der Waals surface area (Å²) in [6.45, 7) is 11.7. The SMILES string of the molecule is Cc1cc(C)c2c(c1)OC1(CCNCC1)CC2NC(=O)OC(C)(C)C. The minimum atomic E-state index is -0.507. The molecular formula is C20H30N2O3. The molecule has 0 radical (unpaired) electrons. The maximum absolute atomic E-state index is 12.4. The van der Waals surface area contributed by atoms with Gasteiger partial charge in [0.15, 0.2) is 0 Å². The summed E-state index contributed by atoms with van der Waals surface area (Å²) in [7, 11) is 0. The van der Waals surface area contributed by atoms with Crippen LogP contribution in [0.2, 0.25) is 0 Å². The van der Waals surface area contributed by atoms with Crippen LogP contribution in [0, 0.1) is 13.8 Å². The third-order valence-corrected chi connectivity index (χ3v) is 4.95. The molecule has 1 atom stereocenters. The molecule has 1 fully saturated rings. The van der Waals surface area contributed by atoms with E-state index in [1.165, 1.54) is 5.56 Å². The Kier molecular flexibility index (Phi) is 4.71. The molecule has 1 spiro atoms. The van der Waals surface area contributed by atoms with Crippen LogP contribution in [0.25, 0.3) is 0 Å². The van der Waals surface area contributed by atoms with E-state index in [0.29, 0.717) is 0 Å². The lowest BCUT2D eigenvalue weighted by atomic mass is 9.80. The predicted octanol–water partition coefficient (Wildman–Crippen LogP) is 3.77. The maximum atomic E-state index is 12.4. The number of amides is 1. The van der Waals surface area contributed by atoms with Crippen molar-refractivity contribution < 1.29 is 14.3 Å². The Hall–Kier alpha value is -1.75. The van der Waals surface area contributed by atoms with E-state index in [1.807, 2.05) is 20.8 Å². The normalized spacial score (nSPS) is 22.0. The topological polar surface area (TPSA) is 59.6 Å². The molecule has 1 saturated heterocycles. The second-order valence-electron chi connectivity index (χ2n) is 8.43. The van der Waals surface area contributed by atoms with Crippen molar-refractivity contribution in [1.82, 2.24) is 10.6 Å². The van der Waals surface area contributed by atoms with Crippen LogP contribution < -0.4 is 15.4 Å². The number of hydrogen-bond donors (Lipinski definition) is 2. The first-order valence-electron chi connectivity index (χ1n) is 9.18. The lowest BCUT2D eigenvalue weighted by Gasteiger charge is -2.45. The van der Waals surface area contributed by atoms with Crippen molar-refractivity contribution in [2.45, 2.75) is 71.1 Å². The third kappa shape index (κ3) is 4.09. The average Bonchev–Trinajstić information content (AvgIpc) is 2.44. The Morgan fingerprint density at radius 1 is 1.28 bits per heavy atom. The Bertz CT molecular complexity index is 658. The molecule has 3 rings (SSSR count). The molecule has 0 aromatic heterocycles. The van der Waals surface area contributed by atoms with Gasteiger partial charge in [-0.05, 0) is 77.7 Å². The van der Waals surface area contributed by atoms with E-state index in [9.17, 15) is 4.79 Å². The number of alkyl carbamates (subject to hydrolysis) is 1. The molecule has 2 aliphatic heterocycles. The van der Waals surface area contributed by atoms with Crippen LogP contribution in [0.15, 0.2) is 12.1 Å². The van der Waals surface area contributed by atoms with Gasteiger partial charge in [-0.2, -0.15) is 0 Å². The molecule has 2 aliphatic rings. The Morgan fingerprint density at radius 2 is 1.96 bits per heavy atom. The molecule has 1 unspecified atom stereocenters. The van der Waals surface area contributed by atoms with Crippen molar-refractivity contribution in [3.05, 3.63) is 28.8 Å². The molecule has 2 N–H and O–H groups in total. The quantitative estimate of drug-likeness (QED) is 0.812. The number of ether oxygens (including phenoxy) is 2. The number of hydrogen-bond acceptors (Lipinski definition) is 4. The van der Waals surface area contributed by atoms with Crippen molar-refractivity contribution in [1.29, 1.82) is 0 Å². The van der Waals surface area contributed by atoms with Gasteiger partial charge in [0.2, 0.25) is 0 Å². The molecule has 25 heavy (non-hydrogen) atoms.